The van der Waals surface area contributed by atoms with Crippen LogP contribution in [0.15, 0.2) is 83.5 Å². The molecular formula is C48H53ClN14O6. The van der Waals surface area contributed by atoms with Crippen LogP contribution in [-0.2, 0) is 17.9 Å². The molecule has 5 aromatic heterocycles. The summed E-state index contributed by atoms with van der Waals surface area (Å²) in [5, 5.41) is 19.8. The minimum Gasteiger partial charge on any atom is -0.481 e. The van der Waals surface area contributed by atoms with Crippen LogP contribution in [0.1, 0.15) is 69.8 Å². The number of fused-ring (bicyclic) bond motifs is 1. The number of furan rings is 1. The number of piperidine rings is 1. The lowest BCUT2D eigenvalue weighted by molar-refractivity contribution is -0.121. The molecule has 0 saturated carbocycles. The Balaban J connectivity index is 0.796. The van der Waals surface area contributed by atoms with Gasteiger partial charge in [0.15, 0.2) is 5.76 Å². The number of hydrogen-bond donors (Lipinski definition) is 6. The van der Waals surface area contributed by atoms with Crippen LogP contribution in [0.5, 0.6) is 11.8 Å². The van der Waals surface area contributed by atoms with Crippen LogP contribution >= 0.6 is 11.6 Å². The fourth-order valence-corrected chi connectivity index (χ4v) is 8.15. The van der Waals surface area contributed by atoms with E-state index in [1.807, 2.05) is 31.2 Å². The number of hydrogen-bond acceptors (Lipinski definition) is 16. The Labute approximate surface area is 402 Å². The van der Waals surface area contributed by atoms with Gasteiger partial charge in [-0.1, -0.05) is 42.3 Å². The van der Waals surface area contributed by atoms with E-state index in [1.54, 1.807) is 55.6 Å². The Morgan fingerprint density at radius 2 is 1.46 bits per heavy atom. The summed E-state index contributed by atoms with van der Waals surface area (Å²) in [6, 6.07) is 21.3. The number of nitrogens with zero attached hydrogens (tertiary/aromatic N) is 8. The zero-order chi connectivity index (χ0) is 48.3. The van der Waals surface area contributed by atoms with Gasteiger partial charge in [0.05, 0.1) is 31.2 Å². The third-order valence-electron chi connectivity index (χ3n) is 11.5. The zero-order valence-electron chi connectivity index (χ0n) is 38.5. The lowest BCUT2D eigenvalue weighted by Crippen LogP contribution is -2.31. The molecule has 1 saturated heterocycles. The number of amides is 3. The first-order valence-corrected chi connectivity index (χ1v) is 22.9. The van der Waals surface area contributed by atoms with Gasteiger partial charge in [-0.05, 0) is 98.9 Å². The number of nitrogen functional groups attached to an aromatic ring is 1. The fraction of sp³-hybridized carbons (Fsp3) is 0.312. The number of rotatable bonds is 20. The molecule has 6 heterocycles. The molecule has 2 aromatic carbocycles. The Bertz CT molecular complexity index is 2940. The predicted octanol–water partition coefficient (Wildman–Crippen LogP) is 6.39. The highest BCUT2D eigenvalue weighted by Crippen LogP contribution is 2.38. The molecule has 1 fully saturated rings. The van der Waals surface area contributed by atoms with Crippen molar-refractivity contribution in [1.29, 1.82) is 0 Å². The summed E-state index contributed by atoms with van der Waals surface area (Å²) < 4.78 is 17.8. The number of benzene rings is 2. The number of anilines is 4. The number of carbonyl (C=O) groups is 3. The monoisotopic (exact) mass is 956 g/mol. The molecule has 3 amide bonds. The number of ether oxygens (including phenoxy) is 2. The van der Waals surface area contributed by atoms with Crippen molar-refractivity contribution in [3.63, 3.8) is 0 Å². The molecule has 0 aliphatic carbocycles. The van der Waals surface area contributed by atoms with Gasteiger partial charge in [0, 0.05) is 61.5 Å². The first kappa shape index (κ1) is 47.8. The third kappa shape index (κ3) is 11.7. The highest BCUT2D eigenvalue weighted by atomic mass is 35.5. The molecule has 358 valence electrons. The lowest BCUT2D eigenvalue weighted by atomic mass is 9.98. The van der Waals surface area contributed by atoms with Gasteiger partial charge in [-0.15, -0.1) is 5.10 Å². The van der Waals surface area contributed by atoms with E-state index in [1.165, 1.54) is 37.2 Å². The van der Waals surface area contributed by atoms with E-state index in [-0.39, 0.29) is 47.3 Å². The van der Waals surface area contributed by atoms with E-state index in [0.29, 0.717) is 78.6 Å². The first-order chi connectivity index (χ1) is 33.6. The van der Waals surface area contributed by atoms with Crippen molar-refractivity contribution in [2.24, 2.45) is 0 Å². The fourth-order valence-electron chi connectivity index (χ4n) is 7.88. The van der Waals surface area contributed by atoms with Gasteiger partial charge in [0.2, 0.25) is 35.4 Å². The van der Waals surface area contributed by atoms with E-state index < -0.39 is 11.8 Å². The van der Waals surface area contributed by atoms with Gasteiger partial charge >= 0.3 is 0 Å². The topological polar surface area (TPSA) is 254 Å². The maximum atomic E-state index is 13.6. The summed E-state index contributed by atoms with van der Waals surface area (Å²) >= 11 is 6.96. The van der Waals surface area contributed by atoms with Crippen molar-refractivity contribution in [3.8, 4) is 34.5 Å². The van der Waals surface area contributed by atoms with Crippen molar-refractivity contribution in [1.82, 2.24) is 50.1 Å². The second-order valence-electron chi connectivity index (χ2n) is 16.2. The van der Waals surface area contributed by atoms with Gasteiger partial charge in [0.1, 0.15) is 11.4 Å². The van der Waals surface area contributed by atoms with Crippen molar-refractivity contribution >= 4 is 58.4 Å². The molecule has 0 unspecified atom stereocenters. The standard InChI is InChI=1S/C48H53ClN14O6/c1-29-32(33-12-8-14-35(40(33)49)55-43(66)37-20-18-31(45(57-37)68-3)28-62-24-5-4-6-25-62)11-7-13-34(29)54-42(65)36-19-17-30(44(56-36)67-2)27-51-22-23-52-39(64)16-9-21-53-47-59-46(50)63-48(60-47)58-41(61-63)38-15-10-26-69-38/h7-8,10-15,17-20,26,51H,4-6,9,16,21-25,27-28H2,1-3H3,(H,52,64)(H,54,65)(H,55,66)(H3,50,53,58,59,60,61). The van der Waals surface area contributed by atoms with E-state index >= 15 is 0 Å². The lowest BCUT2D eigenvalue weighted by Gasteiger charge is -2.26. The number of aromatic nitrogens is 7. The summed E-state index contributed by atoms with van der Waals surface area (Å²) in [6.45, 7) is 6.35. The van der Waals surface area contributed by atoms with Crippen LogP contribution in [-0.4, -0.2) is 104 Å². The van der Waals surface area contributed by atoms with Gasteiger partial charge in [0.25, 0.3) is 17.6 Å². The predicted molar refractivity (Wildman–Crippen MR) is 261 cm³/mol. The number of carbonyl (C=O) groups excluding carboxylic acids is 3. The minimum absolute atomic E-state index is 0.106. The number of nitrogens with one attached hydrogen (secondary N) is 5. The molecule has 7 aromatic rings. The molecule has 8 rings (SSSR count). The van der Waals surface area contributed by atoms with Crippen LogP contribution in [0, 0.1) is 6.92 Å². The Morgan fingerprint density at radius 1 is 0.768 bits per heavy atom. The van der Waals surface area contributed by atoms with Crippen LogP contribution in [0.2, 0.25) is 5.02 Å². The van der Waals surface area contributed by atoms with Crippen molar-refractivity contribution in [2.45, 2.75) is 52.1 Å². The highest BCUT2D eigenvalue weighted by molar-refractivity contribution is 6.36. The number of pyridine rings is 2. The van der Waals surface area contributed by atoms with Crippen molar-refractivity contribution in [3.05, 3.63) is 112 Å². The molecule has 0 atom stereocenters. The second-order valence-corrected chi connectivity index (χ2v) is 16.6. The normalized spacial score (nSPS) is 12.7. The smallest absolute Gasteiger partial charge is 0.274 e. The molecule has 21 heteroatoms. The second kappa shape index (κ2) is 22.4. The molecule has 69 heavy (non-hydrogen) atoms. The minimum atomic E-state index is -0.435. The number of halogens is 1. The first-order valence-electron chi connectivity index (χ1n) is 22.5. The van der Waals surface area contributed by atoms with Crippen LogP contribution in [0.25, 0.3) is 28.5 Å². The summed E-state index contributed by atoms with van der Waals surface area (Å²) in [5.74, 6) is 1.21. The number of methoxy groups -OCH3 is 2. The number of nitrogens with two attached hydrogens (primary N) is 1. The molecule has 1 aliphatic rings. The van der Waals surface area contributed by atoms with Crippen molar-refractivity contribution in [2.75, 3.05) is 68.6 Å². The quantitative estimate of drug-likeness (QED) is 0.0453. The summed E-state index contributed by atoms with van der Waals surface area (Å²) in [5.41, 5.74) is 11.2. The Hall–Kier alpha value is -7.68. The summed E-state index contributed by atoms with van der Waals surface area (Å²) in [4.78, 5) is 63.8. The SMILES string of the molecule is COc1nc(C(=O)Nc2cccc(-c3cccc(NC(=O)c4ccc(CN5CCCCC5)c(OC)n4)c3Cl)c2C)ccc1CNCCNC(=O)CCCNc1nc(N)n2nc(-c3ccco3)nc2n1. The van der Waals surface area contributed by atoms with E-state index in [4.69, 9.17) is 31.2 Å². The van der Waals surface area contributed by atoms with Gasteiger partial charge < -0.3 is 46.2 Å². The van der Waals surface area contributed by atoms with E-state index in [9.17, 15) is 14.4 Å². The Kier molecular flexibility index (Phi) is 15.5. The average molecular weight is 957 g/mol. The zero-order valence-corrected chi connectivity index (χ0v) is 39.2. The van der Waals surface area contributed by atoms with Crippen molar-refractivity contribution < 1.29 is 28.3 Å². The average Bonchev–Trinajstić information content (AvgIpc) is 4.06. The molecule has 0 radical (unpaired) electrons. The summed E-state index contributed by atoms with van der Waals surface area (Å²) in [7, 11) is 3.05. The molecule has 0 bridgehead atoms. The molecule has 0 spiro atoms. The van der Waals surface area contributed by atoms with Crippen LogP contribution in [0.4, 0.5) is 23.3 Å². The largest absolute Gasteiger partial charge is 0.481 e. The van der Waals surface area contributed by atoms with Crippen LogP contribution in [0.3, 0.4) is 0 Å². The third-order valence-corrected chi connectivity index (χ3v) is 11.9. The van der Waals surface area contributed by atoms with E-state index in [0.717, 1.165) is 35.3 Å². The maximum Gasteiger partial charge on any atom is 0.274 e. The Morgan fingerprint density at radius 3 is 2.19 bits per heavy atom. The molecular weight excluding hydrogens is 904 g/mol. The van der Waals surface area contributed by atoms with Crippen LogP contribution < -0.4 is 41.8 Å². The van der Waals surface area contributed by atoms with Gasteiger partial charge in [-0.2, -0.15) is 19.5 Å². The van der Waals surface area contributed by atoms with Gasteiger partial charge in [-0.25, -0.2) is 9.97 Å². The highest BCUT2D eigenvalue weighted by Gasteiger charge is 2.21. The summed E-state index contributed by atoms with van der Waals surface area (Å²) in [6.07, 6.45) is 5.92. The van der Waals surface area contributed by atoms with Gasteiger partial charge in [-0.3, -0.25) is 19.3 Å². The molecule has 7 N–H and O–H groups in total. The maximum absolute atomic E-state index is 13.6. The molecule has 20 nitrogen and oxygen atoms in total. The number of likely N-dealkylation sites (tertiary alicyclic amines) is 1. The van der Waals surface area contributed by atoms with E-state index in [2.05, 4.69) is 61.5 Å². The molecule has 1 aliphatic heterocycles.